The second-order valence-corrected chi connectivity index (χ2v) is 5.83. The van der Waals surface area contributed by atoms with Gasteiger partial charge in [-0.3, -0.25) is 9.59 Å². The molecule has 20 heavy (non-hydrogen) atoms. The van der Waals surface area contributed by atoms with Crippen LogP contribution in [0.15, 0.2) is 0 Å². The van der Waals surface area contributed by atoms with Crippen LogP contribution >= 0.6 is 0 Å². The van der Waals surface area contributed by atoms with Gasteiger partial charge in [0.25, 0.3) is 0 Å². The molecule has 2 heterocycles. The molecule has 0 aromatic heterocycles. The van der Waals surface area contributed by atoms with Gasteiger partial charge < -0.3 is 15.0 Å². The number of ether oxygens (including phenoxy) is 1. The lowest BCUT2D eigenvalue weighted by Gasteiger charge is -2.37. The first-order chi connectivity index (χ1) is 9.63. The van der Waals surface area contributed by atoms with Gasteiger partial charge in [0.1, 0.15) is 12.1 Å². The third-order valence-electron chi connectivity index (χ3n) is 4.27. The second-order valence-electron chi connectivity index (χ2n) is 5.83. The molecule has 2 rings (SSSR count). The maximum absolute atomic E-state index is 12.4. The molecule has 0 radical (unpaired) electrons. The summed E-state index contributed by atoms with van der Waals surface area (Å²) in [6.07, 6.45) is 6.13. The number of hydrogen-bond acceptors (Lipinski definition) is 3. The fraction of sp³-hybridized carbons (Fsp3) is 0.867. The van der Waals surface area contributed by atoms with E-state index in [2.05, 4.69) is 5.32 Å². The minimum absolute atomic E-state index is 0.0276. The Labute approximate surface area is 121 Å². The van der Waals surface area contributed by atoms with Crippen molar-refractivity contribution in [2.45, 2.75) is 70.6 Å². The first-order valence-corrected chi connectivity index (χ1v) is 7.86. The minimum atomic E-state index is -0.347. The molecular weight excluding hydrogens is 256 g/mol. The van der Waals surface area contributed by atoms with Crippen molar-refractivity contribution in [2.24, 2.45) is 0 Å². The first kappa shape index (κ1) is 15.3. The summed E-state index contributed by atoms with van der Waals surface area (Å²) in [6, 6.07) is -0.675. The van der Waals surface area contributed by atoms with Gasteiger partial charge in [-0.2, -0.15) is 0 Å². The van der Waals surface area contributed by atoms with Crippen LogP contribution in [0, 0.1) is 0 Å². The average molecular weight is 282 g/mol. The summed E-state index contributed by atoms with van der Waals surface area (Å²) in [6.45, 7) is 5.36. The summed E-state index contributed by atoms with van der Waals surface area (Å²) in [5.74, 6) is 0.0476. The molecular formula is C15H26N2O3. The smallest absolute Gasteiger partial charge is 0.245 e. The number of amides is 2. The van der Waals surface area contributed by atoms with Crippen LogP contribution in [0.5, 0.6) is 0 Å². The first-order valence-electron chi connectivity index (χ1n) is 7.86. The zero-order chi connectivity index (χ0) is 14.5. The molecule has 0 spiro atoms. The topological polar surface area (TPSA) is 58.6 Å². The highest BCUT2D eigenvalue weighted by Crippen LogP contribution is 2.19. The molecule has 2 aliphatic rings. The van der Waals surface area contributed by atoms with Gasteiger partial charge in [0, 0.05) is 13.2 Å². The summed E-state index contributed by atoms with van der Waals surface area (Å²) >= 11 is 0. The Bertz CT molecular complexity index is 353. The zero-order valence-corrected chi connectivity index (χ0v) is 12.6. The third-order valence-corrected chi connectivity index (χ3v) is 4.27. The normalized spacial score (nSPS) is 30.7. The predicted molar refractivity (Wildman–Crippen MR) is 76.2 cm³/mol. The molecule has 0 aromatic rings. The van der Waals surface area contributed by atoms with Gasteiger partial charge in [0.05, 0.1) is 6.10 Å². The van der Waals surface area contributed by atoms with Crippen LogP contribution in [0.25, 0.3) is 0 Å². The number of rotatable bonds is 6. The van der Waals surface area contributed by atoms with Crippen molar-refractivity contribution < 1.29 is 14.3 Å². The Morgan fingerprint density at radius 3 is 2.80 bits per heavy atom. The number of carbonyl (C=O) groups is 2. The fourth-order valence-corrected chi connectivity index (χ4v) is 3.04. The highest BCUT2D eigenvalue weighted by molar-refractivity contribution is 5.96. The van der Waals surface area contributed by atoms with Crippen molar-refractivity contribution in [1.82, 2.24) is 10.2 Å². The van der Waals surface area contributed by atoms with Crippen LogP contribution in [0.1, 0.15) is 52.4 Å². The summed E-state index contributed by atoms with van der Waals surface area (Å²) < 4.78 is 5.59. The standard InChI is InChI=1S/C15H26N2O3/c1-3-6-13-15(19)17(11(2)14(18)16-13)9-4-7-12-8-5-10-20-12/h11-13H,3-10H2,1-2H3,(H,16,18). The fourth-order valence-electron chi connectivity index (χ4n) is 3.04. The molecule has 3 unspecified atom stereocenters. The molecule has 3 atom stereocenters. The van der Waals surface area contributed by atoms with Crippen LogP contribution in [0.3, 0.4) is 0 Å². The van der Waals surface area contributed by atoms with E-state index in [1.54, 1.807) is 4.90 Å². The molecule has 0 bridgehead atoms. The quantitative estimate of drug-likeness (QED) is 0.802. The van der Waals surface area contributed by atoms with Crippen molar-refractivity contribution in [3.8, 4) is 0 Å². The SMILES string of the molecule is CCCC1NC(=O)C(C)N(CCCC2CCCO2)C1=O. The van der Waals surface area contributed by atoms with E-state index in [4.69, 9.17) is 4.74 Å². The van der Waals surface area contributed by atoms with Crippen molar-refractivity contribution in [3.63, 3.8) is 0 Å². The molecule has 2 aliphatic heterocycles. The Kier molecular flexibility index (Phi) is 5.40. The van der Waals surface area contributed by atoms with E-state index in [0.717, 1.165) is 45.1 Å². The van der Waals surface area contributed by atoms with Crippen molar-refractivity contribution in [2.75, 3.05) is 13.2 Å². The molecule has 5 nitrogen and oxygen atoms in total. The lowest BCUT2D eigenvalue weighted by Crippen LogP contribution is -2.62. The Morgan fingerprint density at radius 2 is 2.15 bits per heavy atom. The van der Waals surface area contributed by atoms with E-state index < -0.39 is 0 Å². The van der Waals surface area contributed by atoms with Gasteiger partial charge in [-0.25, -0.2) is 0 Å². The van der Waals surface area contributed by atoms with Crippen LogP contribution in [0.4, 0.5) is 0 Å². The number of nitrogens with zero attached hydrogens (tertiary/aromatic N) is 1. The average Bonchev–Trinajstić information content (AvgIpc) is 2.93. The molecule has 1 N–H and O–H groups in total. The van der Waals surface area contributed by atoms with E-state index in [-0.39, 0.29) is 23.9 Å². The van der Waals surface area contributed by atoms with Gasteiger partial charge in [0.15, 0.2) is 0 Å². The van der Waals surface area contributed by atoms with E-state index in [1.165, 1.54) is 0 Å². The minimum Gasteiger partial charge on any atom is -0.378 e. The van der Waals surface area contributed by atoms with Crippen LogP contribution in [-0.4, -0.2) is 48.1 Å². The van der Waals surface area contributed by atoms with Gasteiger partial charge in [-0.15, -0.1) is 0 Å². The number of piperazine rings is 1. The molecule has 2 fully saturated rings. The Morgan fingerprint density at radius 1 is 1.35 bits per heavy atom. The molecule has 0 aliphatic carbocycles. The predicted octanol–water partition coefficient (Wildman–Crippen LogP) is 1.46. The molecule has 2 amide bonds. The van der Waals surface area contributed by atoms with Gasteiger partial charge in [-0.05, 0) is 39.0 Å². The van der Waals surface area contributed by atoms with Gasteiger partial charge >= 0.3 is 0 Å². The van der Waals surface area contributed by atoms with Gasteiger partial charge in [-0.1, -0.05) is 13.3 Å². The zero-order valence-electron chi connectivity index (χ0n) is 12.6. The van der Waals surface area contributed by atoms with Crippen molar-refractivity contribution >= 4 is 11.8 Å². The van der Waals surface area contributed by atoms with Gasteiger partial charge in [0.2, 0.25) is 11.8 Å². The molecule has 114 valence electrons. The molecule has 0 aromatic carbocycles. The summed E-state index contributed by atoms with van der Waals surface area (Å²) in [4.78, 5) is 26.0. The lowest BCUT2D eigenvalue weighted by atomic mass is 10.0. The Hall–Kier alpha value is -1.10. The molecule has 2 saturated heterocycles. The maximum atomic E-state index is 12.4. The largest absolute Gasteiger partial charge is 0.378 e. The maximum Gasteiger partial charge on any atom is 0.245 e. The molecule has 5 heteroatoms. The van der Waals surface area contributed by atoms with E-state index in [1.807, 2.05) is 13.8 Å². The number of hydrogen-bond donors (Lipinski definition) is 1. The number of nitrogens with one attached hydrogen (secondary N) is 1. The van der Waals surface area contributed by atoms with Crippen molar-refractivity contribution in [3.05, 3.63) is 0 Å². The highest BCUT2D eigenvalue weighted by Gasteiger charge is 2.37. The highest BCUT2D eigenvalue weighted by atomic mass is 16.5. The monoisotopic (exact) mass is 282 g/mol. The van der Waals surface area contributed by atoms with Crippen LogP contribution in [-0.2, 0) is 14.3 Å². The Balaban J connectivity index is 1.85. The lowest BCUT2D eigenvalue weighted by molar-refractivity contribution is -0.148. The number of carbonyl (C=O) groups excluding carboxylic acids is 2. The molecule has 0 saturated carbocycles. The third kappa shape index (κ3) is 3.51. The summed E-state index contributed by atoms with van der Waals surface area (Å²) in [5.41, 5.74) is 0. The van der Waals surface area contributed by atoms with E-state index in [0.29, 0.717) is 12.6 Å². The van der Waals surface area contributed by atoms with Crippen LogP contribution < -0.4 is 5.32 Å². The summed E-state index contributed by atoms with van der Waals surface area (Å²) in [5, 5.41) is 2.82. The van der Waals surface area contributed by atoms with E-state index >= 15 is 0 Å². The van der Waals surface area contributed by atoms with Crippen LogP contribution in [0.2, 0.25) is 0 Å². The van der Waals surface area contributed by atoms with Crippen molar-refractivity contribution in [1.29, 1.82) is 0 Å². The van der Waals surface area contributed by atoms with E-state index in [9.17, 15) is 9.59 Å². The second kappa shape index (κ2) is 7.07. The summed E-state index contributed by atoms with van der Waals surface area (Å²) in [7, 11) is 0.